The van der Waals surface area contributed by atoms with Gasteiger partial charge in [-0.3, -0.25) is 0 Å². The van der Waals surface area contributed by atoms with E-state index in [1.165, 1.54) is 0 Å². The third-order valence-corrected chi connectivity index (χ3v) is 3.69. The molecule has 0 fully saturated rings. The number of rotatable bonds is 6. The lowest BCUT2D eigenvalue weighted by Gasteiger charge is -2.10. The van der Waals surface area contributed by atoms with Crippen LogP contribution in [-0.4, -0.2) is 24.1 Å². The molecule has 0 aromatic carbocycles. The molecule has 0 radical (unpaired) electrons. The summed E-state index contributed by atoms with van der Waals surface area (Å²) >= 11 is 6.25. The summed E-state index contributed by atoms with van der Waals surface area (Å²) in [4.78, 5) is 13.1. The van der Waals surface area contributed by atoms with Crippen LogP contribution >= 0.6 is 11.6 Å². The van der Waals surface area contributed by atoms with Gasteiger partial charge in [0.05, 0.1) is 11.7 Å². The van der Waals surface area contributed by atoms with Gasteiger partial charge in [0.15, 0.2) is 5.65 Å². The Morgan fingerprint density at radius 3 is 2.86 bits per heavy atom. The molecule has 0 amide bonds. The van der Waals surface area contributed by atoms with E-state index in [0.29, 0.717) is 0 Å². The van der Waals surface area contributed by atoms with Crippen LogP contribution in [0.1, 0.15) is 31.0 Å². The van der Waals surface area contributed by atoms with Gasteiger partial charge >= 0.3 is 0 Å². The quantitative estimate of drug-likeness (QED) is 0.518. The summed E-state index contributed by atoms with van der Waals surface area (Å²) in [7, 11) is 0. The van der Waals surface area contributed by atoms with E-state index in [1.54, 1.807) is 12.4 Å². The lowest BCUT2D eigenvalue weighted by Crippen LogP contribution is -2.06. The number of aromatic nitrogens is 5. The lowest BCUT2D eigenvalue weighted by molar-refractivity contribution is 0.546. The second kappa shape index (κ2) is 6.26. The van der Waals surface area contributed by atoms with E-state index in [1.807, 2.05) is 31.6 Å². The third kappa shape index (κ3) is 3.08. The van der Waals surface area contributed by atoms with E-state index < -0.39 is 0 Å². The molecule has 0 saturated carbocycles. The zero-order valence-corrected chi connectivity index (χ0v) is 12.7. The van der Waals surface area contributed by atoms with Crippen molar-refractivity contribution in [2.24, 2.45) is 0 Å². The summed E-state index contributed by atoms with van der Waals surface area (Å²) < 4.78 is 4.23. The van der Waals surface area contributed by atoms with Gasteiger partial charge in [-0.25, -0.2) is 15.0 Å². The SMILES string of the molecule is CC(Cl)c1nc2cccnc2n1CCCCn1ccnc1. The van der Waals surface area contributed by atoms with Crippen LogP contribution in [0.25, 0.3) is 11.2 Å². The molecule has 0 saturated heterocycles. The topological polar surface area (TPSA) is 48.5 Å². The number of nitrogens with zero attached hydrogens (tertiary/aromatic N) is 5. The van der Waals surface area contributed by atoms with Crippen LogP contribution in [0.2, 0.25) is 0 Å². The summed E-state index contributed by atoms with van der Waals surface area (Å²) in [6.45, 7) is 3.81. The fourth-order valence-corrected chi connectivity index (χ4v) is 2.65. The molecule has 0 aliphatic carbocycles. The summed E-state index contributed by atoms with van der Waals surface area (Å²) in [5.41, 5.74) is 1.83. The van der Waals surface area contributed by atoms with Crippen LogP contribution in [0.5, 0.6) is 0 Å². The summed E-state index contributed by atoms with van der Waals surface area (Å²) in [6.07, 6.45) is 9.58. The van der Waals surface area contributed by atoms with Gasteiger partial charge in [0.1, 0.15) is 11.3 Å². The molecule has 0 N–H and O–H groups in total. The first-order valence-corrected chi connectivity index (χ1v) is 7.60. The van der Waals surface area contributed by atoms with E-state index in [9.17, 15) is 0 Å². The standard InChI is InChI=1S/C15H18ClN5/c1-12(16)14-19-13-5-4-6-18-15(13)21(14)9-3-2-8-20-10-7-17-11-20/h4-7,10-12H,2-3,8-9H2,1H3. The van der Waals surface area contributed by atoms with Crippen LogP contribution in [-0.2, 0) is 13.1 Å². The van der Waals surface area contributed by atoms with Crippen LogP contribution in [0.4, 0.5) is 0 Å². The zero-order valence-electron chi connectivity index (χ0n) is 12.0. The van der Waals surface area contributed by atoms with Crippen molar-refractivity contribution in [2.75, 3.05) is 0 Å². The summed E-state index contributed by atoms with van der Waals surface area (Å²) in [6, 6.07) is 3.88. The number of imidazole rings is 2. The Hall–Kier alpha value is -1.88. The van der Waals surface area contributed by atoms with Crippen LogP contribution < -0.4 is 0 Å². The number of aryl methyl sites for hydroxylation is 2. The highest BCUT2D eigenvalue weighted by atomic mass is 35.5. The van der Waals surface area contributed by atoms with Gasteiger partial charge in [0, 0.05) is 31.7 Å². The molecular formula is C15H18ClN5. The molecule has 0 aliphatic heterocycles. The molecule has 3 aromatic heterocycles. The summed E-state index contributed by atoms with van der Waals surface area (Å²) in [5, 5.41) is -0.118. The molecule has 3 heterocycles. The van der Waals surface area contributed by atoms with Gasteiger partial charge in [-0.1, -0.05) is 0 Å². The van der Waals surface area contributed by atoms with E-state index in [4.69, 9.17) is 11.6 Å². The van der Waals surface area contributed by atoms with Crippen molar-refractivity contribution in [3.05, 3.63) is 42.9 Å². The van der Waals surface area contributed by atoms with Gasteiger partial charge in [-0.2, -0.15) is 0 Å². The van der Waals surface area contributed by atoms with Gasteiger partial charge in [-0.15, -0.1) is 11.6 Å². The monoisotopic (exact) mass is 303 g/mol. The number of hydrogen-bond acceptors (Lipinski definition) is 3. The van der Waals surface area contributed by atoms with Gasteiger partial charge in [0.25, 0.3) is 0 Å². The van der Waals surface area contributed by atoms with Gasteiger partial charge in [-0.05, 0) is 31.9 Å². The molecular weight excluding hydrogens is 286 g/mol. The number of fused-ring (bicyclic) bond motifs is 1. The molecule has 110 valence electrons. The van der Waals surface area contributed by atoms with Crippen LogP contribution in [0.3, 0.4) is 0 Å². The maximum Gasteiger partial charge on any atom is 0.160 e. The van der Waals surface area contributed by atoms with Crippen molar-refractivity contribution in [1.29, 1.82) is 0 Å². The minimum Gasteiger partial charge on any atom is -0.337 e. The van der Waals surface area contributed by atoms with Crippen LogP contribution in [0.15, 0.2) is 37.1 Å². The fraction of sp³-hybridized carbons (Fsp3) is 0.400. The molecule has 1 unspecified atom stereocenters. The summed E-state index contributed by atoms with van der Waals surface area (Å²) in [5.74, 6) is 0.896. The maximum atomic E-state index is 6.25. The molecule has 5 nitrogen and oxygen atoms in total. The van der Waals surface area contributed by atoms with E-state index in [0.717, 1.165) is 42.9 Å². The Morgan fingerprint density at radius 1 is 1.24 bits per heavy atom. The predicted molar refractivity (Wildman–Crippen MR) is 83.3 cm³/mol. The zero-order chi connectivity index (χ0) is 14.7. The predicted octanol–water partition coefficient (Wildman–Crippen LogP) is 3.41. The number of halogens is 1. The fourth-order valence-electron chi connectivity index (χ4n) is 2.48. The second-order valence-electron chi connectivity index (χ2n) is 5.09. The number of unbranched alkanes of at least 4 members (excludes halogenated alkanes) is 1. The number of pyridine rings is 1. The minimum atomic E-state index is -0.118. The van der Waals surface area contributed by atoms with Crippen molar-refractivity contribution >= 4 is 22.8 Å². The molecule has 0 bridgehead atoms. The molecule has 3 aromatic rings. The van der Waals surface area contributed by atoms with E-state index in [2.05, 4.69) is 24.1 Å². The number of alkyl halides is 1. The van der Waals surface area contributed by atoms with Crippen molar-refractivity contribution in [2.45, 2.75) is 38.2 Å². The molecule has 0 aliphatic rings. The molecule has 3 rings (SSSR count). The highest BCUT2D eigenvalue weighted by Gasteiger charge is 2.15. The largest absolute Gasteiger partial charge is 0.337 e. The molecule has 6 heteroatoms. The van der Waals surface area contributed by atoms with Crippen molar-refractivity contribution < 1.29 is 0 Å². The number of hydrogen-bond donors (Lipinski definition) is 0. The van der Waals surface area contributed by atoms with Crippen LogP contribution in [0, 0.1) is 0 Å². The Labute approximate surface area is 128 Å². The Kier molecular flexibility index (Phi) is 4.20. The minimum absolute atomic E-state index is 0.118. The second-order valence-corrected chi connectivity index (χ2v) is 5.75. The Balaban J connectivity index is 1.71. The van der Waals surface area contributed by atoms with Crippen molar-refractivity contribution in [3.8, 4) is 0 Å². The first-order chi connectivity index (χ1) is 10.3. The van der Waals surface area contributed by atoms with Gasteiger partial charge in [0.2, 0.25) is 0 Å². The normalized spacial score (nSPS) is 12.9. The Morgan fingerprint density at radius 2 is 2.10 bits per heavy atom. The first kappa shape index (κ1) is 14.1. The lowest BCUT2D eigenvalue weighted by atomic mass is 10.3. The average Bonchev–Trinajstić information content (AvgIpc) is 3.11. The van der Waals surface area contributed by atoms with E-state index in [-0.39, 0.29) is 5.38 Å². The van der Waals surface area contributed by atoms with Crippen molar-refractivity contribution in [1.82, 2.24) is 24.1 Å². The highest BCUT2D eigenvalue weighted by Crippen LogP contribution is 2.23. The third-order valence-electron chi connectivity index (χ3n) is 3.50. The maximum absolute atomic E-state index is 6.25. The Bertz CT molecular complexity index is 702. The molecule has 0 spiro atoms. The highest BCUT2D eigenvalue weighted by molar-refractivity contribution is 6.20. The van der Waals surface area contributed by atoms with Gasteiger partial charge < -0.3 is 9.13 Å². The molecule has 21 heavy (non-hydrogen) atoms. The molecule has 1 atom stereocenters. The average molecular weight is 304 g/mol. The first-order valence-electron chi connectivity index (χ1n) is 7.16. The van der Waals surface area contributed by atoms with E-state index >= 15 is 0 Å². The van der Waals surface area contributed by atoms with Crippen molar-refractivity contribution in [3.63, 3.8) is 0 Å². The smallest absolute Gasteiger partial charge is 0.160 e.